The predicted molar refractivity (Wildman–Crippen MR) is 85.7 cm³/mol. The van der Waals surface area contributed by atoms with Crippen molar-refractivity contribution in [2.24, 2.45) is 11.7 Å². The Labute approximate surface area is 126 Å². The van der Waals surface area contributed by atoms with Gasteiger partial charge in [-0.25, -0.2) is 0 Å². The zero-order chi connectivity index (χ0) is 14.8. The van der Waals surface area contributed by atoms with Gasteiger partial charge in [0.05, 0.1) is 5.56 Å². The lowest BCUT2D eigenvalue weighted by molar-refractivity contribution is 0.100. The number of benzene rings is 1. The number of amides is 1. The molecule has 1 amide bonds. The van der Waals surface area contributed by atoms with Crippen LogP contribution in [-0.2, 0) is 0 Å². The van der Waals surface area contributed by atoms with Crippen LogP contribution in [0.5, 0.6) is 0 Å². The number of nitrogens with two attached hydrogens (primary N) is 1. The first-order chi connectivity index (χ1) is 10.1. The average Bonchev–Trinajstić information content (AvgIpc) is 3.01. The Morgan fingerprint density at radius 2 is 2.05 bits per heavy atom. The van der Waals surface area contributed by atoms with Crippen molar-refractivity contribution < 1.29 is 4.79 Å². The number of rotatable bonds is 3. The standard InChI is InChI=1S/C17H25N3O/c1-12-4-5-14(17(18)21)16(11-12)20-9-6-13(7-10-20)15-3-2-8-19-15/h4-5,11,13,15,19H,2-3,6-10H2,1H3,(H2,18,21). The highest BCUT2D eigenvalue weighted by molar-refractivity contribution is 5.98. The lowest BCUT2D eigenvalue weighted by Gasteiger charge is -2.37. The second-order valence-electron chi connectivity index (χ2n) is 6.41. The van der Waals surface area contributed by atoms with E-state index in [4.69, 9.17) is 5.73 Å². The maximum atomic E-state index is 11.6. The molecule has 1 aromatic rings. The molecule has 2 heterocycles. The monoisotopic (exact) mass is 287 g/mol. The van der Waals surface area contributed by atoms with Crippen LogP contribution >= 0.6 is 0 Å². The average molecular weight is 287 g/mol. The number of carbonyl (C=O) groups excluding carboxylic acids is 1. The van der Waals surface area contributed by atoms with E-state index in [1.165, 1.54) is 37.8 Å². The summed E-state index contributed by atoms with van der Waals surface area (Å²) in [6.07, 6.45) is 5.03. The van der Waals surface area contributed by atoms with Gasteiger partial charge in [0.2, 0.25) is 0 Å². The van der Waals surface area contributed by atoms with E-state index in [1.54, 1.807) is 0 Å². The van der Waals surface area contributed by atoms with Gasteiger partial charge >= 0.3 is 0 Å². The number of aryl methyl sites for hydroxylation is 1. The van der Waals surface area contributed by atoms with Crippen molar-refractivity contribution in [1.82, 2.24) is 5.32 Å². The van der Waals surface area contributed by atoms with E-state index >= 15 is 0 Å². The molecule has 4 nitrogen and oxygen atoms in total. The van der Waals surface area contributed by atoms with Crippen LogP contribution in [0.1, 0.15) is 41.6 Å². The third-order valence-corrected chi connectivity index (χ3v) is 4.97. The first-order valence-electron chi connectivity index (χ1n) is 8.04. The molecule has 0 aliphatic carbocycles. The second-order valence-corrected chi connectivity index (χ2v) is 6.41. The number of primary amides is 1. The number of piperidine rings is 1. The van der Waals surface area contributed by atoms with Crippen molar-refractivity contribution in [2.45, 2.75) is 38.6 Å². The first kappa shape index (κ1) is 14.4. The predicted octanol–water partition coefficient (Wildman–Crippen LogP) is 2.06. The molecule has 4 heteroatoms. The Morgan fingerprint density at radius 1 is 1.29 bits per heavy atom. The molecule has 1 unspecified atom stereocenters. The van der Waals surface area contributed by atoms with Crippen LogP contribution in [0.3, 0.4) is 0 Å². The maximum Gasteiger partial charge on any atom is 0.250 e. The summed E-state index contributed by atoms with van der Waals surface area (Å²) in [5, 5.41) is 3.63. The van der Waals surface area contributed by atoms with Gasteiger partial charge < -0.3 is 16.0 Å². The highest BCUT2D eigenvalue weighted by Crippen LogP contribution is 2.30. The van der Waals surface area contributed by atoms with Crippen molar-refractivity contribution >= 4 is 11.6 Å². The minimum Gasteiger partial charge on any atom is -0.371 e. The molecular weight excluding hydrogens is 262 g/mol. The number of hydrogen-bond acceptors (Lipinski definition) is 3. The Hall–Kier alpha value is -1.55. The molecule has 0 radical (unpaired) electrons. The molecule has 2 fully saturated rings. The van der Waals surface area contributed by atoms with Gasteiger partial charge in [0.1, 0.15) is 0 Å². The molecule has 1 atom stereocenters. The van der Waals surface area contributed by atoms with Crippen molar-refractivity contribution in [3.8, 4) is 0 Å². The van der Waals surface area contributed by atoms with Gasteiger partial charge in [0.25, 0.3) is 5.91 Å². The Morgan fingerprint density at radius 3 is 2.67 bits per heavy atom. The highest BCUT2D eigenvalue weighted by atomic mass is 16.1. The highest BCUT2D eigenvalue weighted by Gasteiger charge is 2.29. The molecule has 0 saturated carbocycles. The fraction of sp³-hybridized carbons (Fsp3) is 0.588. The Bertz CT molecular complexity index is 515. The van der Waals surface area contributed by atoms with Crippen molar-refractivity contribution in [3.63, 3.8) is 0 Å². The molecule has 21 heavy (non-hydrogen) atoms. The molecule has 114 valence electrons. The van der Waals surface area contributed by atoms with Gasteiger partial charge in [-0.1, -0.05) is 6.07 Å². The van der Waals surface area contributed by atoms with Gasteiger partial charge in [0, 0.05) is 24.8 Å². The SMILES string of the molecule is Cc1ccc(C(N)=O)c(N2CCC(C3CCCN3)CC2)c1. The number of anilines is 1. The normalized spacial score (nSPS) is 23.5. The smallest absolute Gasteiger partial charge is 0.250 e. The largest absolute Gasteiger partial charge is 0.371 e. The van der Waals surface area contributed by atoms with Crippen LogP contribution in [0.2, 0.25) is 0 Å². The number of nitrogens with one attached hydrogen (secondary N) is 1. The summed E-state index contributed by atoms with van der Waals surface area (Å²) in [5.74, 6) is 0.454. The first-order valence-corrected chi connectivity index (χ1v) is 8.04. The molecule has 2 saturated heterocycles. The summed E-state index contributed by atoms with van der Waals surface area (Å²) in [4.78, 5) is 14.0. The topological polar surface area (TPSA) is 58.4 Å². The molecular formula is C17H25N3O. The molecule has 0 bridgehead atoms. The molecule has 2 aliphatic rings. The minimum absolute atomic E-state index is 0.329. The van der Waals surface area contributed by atoms with Crippen LogP contribution in [0.25, 0.3) is 0 Å². The number of nitrogens with zero attached hydrogens (tertiary/aromatic N) is 1. The zero-order valence-electron chi connectivity index (χ0n) is 12.8. The van der Waals surface area contributed by atoms with E-state index in [2.05, 4.69) is 23.2 Å². The minimum atomic E-state index is -0.329. The van der Waals surface area contributed by atoms with E-state index in [-0.39, 0.29) is 5.91 Å². The van der Waals surface area contributed by atoms with E-state index in [0.717, 1.165) is 24.7 Å². The zero-order valence-corrected chi connectivity index (χ0v) is 12.8. The Kier molecular flexibility index (Phi) is 4.15. The summed E-state index contributed by atoms with van der Waals surface area (Å²) in [6.45, 7) is 5.28. The van der Waals surface area contributed by atoms with Crippen LogP contribution in [0.4, 0.5) is 5.69 Å². The van der Waals surface area contributed by atoms with Gasteiger partial charge in [-0.3, -0.25) is 4.79 Å². The lowest BCUT2D eigenvalue weighted by Crippen LogP contribution is -2.41. The number of carbonyl (C=O) groups is 1. The second kappa shape index (κ2) is 6.06. The van der Waals surface area contributed by atoms with E-state index in [9.17, 15) is 4.79 Å². The molecule has 3 rings (SSSR count). The fourth-order valence-corrected chi connectivity index (χ4v) is 3.77. The summed E-state index contributed by atoms with van der Waals surface area (Å²) in [7, 11) is 0. The van der Waals surface area contributed by atoms with Gasteiger partial charge in [-0.15, -0.1) is 0 Å². The fourth-order valence-electron chi connectivity index (χ4n) is 3.77. The Balaban J connectivity index is 1.71. The lowest BCUT2D eigenvalue weighted by atomic mass is 9.88. The summed E-state index contributed by atoms with van der Waals surface area (Å²) in [5.41, 5.74) is 8.36. The van der Waals surface area contributed by atoms with Crippen LogP contribution in [-0.4, -0.2) is 31.6 Å². The molecule has 3 N–H and O–H groups in total. The number of hydrogen-bond donors (Lipinski definition) is 2. The van der Waals surface area contributed by atoms with E-state index in [0.29, 0.717) is 11.6 Å². The molecule has 0 aromatic heterocycles. The van der Waals surface area contributed by atoms with Gasteiger partial charge in [-0.05, 0) is 62.8 Å². The summed E-state index contributed by atoms with van der Waals surface area (Å²) >= 11 is 0. The van der Waals surface area contributed by atoms with Crippen molar-refractivity contribution in [3.05, 3.63) is 29.3 Å². The summed E-state index contributed by atoms with van der Waals surface area (Å²) < 4.78 is 0. The molecule has 1 aromatic carbocycles. The molecule has 2 aliphatic heterocycles. The maximum absolute atomic E-state index is 11.6. The molecule has 0 spiro atoms. The van der Waals surface area contributed by atoms with Crippen LogP contribution in [0.15, 0.2) is 18.2 Å². The van der Waals surface area contributed by atoms with Gasteiger partial charge in [-0.2, -0.15) is 0 Å². The van der Waals surface area contributed by atoms with Crippen molar-refractivity contribution in [1.29, 1.82) is 0 Å². The third-order valence-electron chi connectivity index (χ3n) is 4.97. The van der Waals surface area contributed by atoms with Crippen LogP contribution in [0, 0.1) is 12.8 Å². The van der Waals surface area contributed by atoms with Crippen LogP contribution < -0.4 is 16.0 Å². The quantitative estimate of drug-likeness (QED) is 0.894. The third kappa shape index (κ3) is 3.05. The van der Waals surface area contributed by atoms with E-state index < -0.39 is 0 Å². The summed E-state index contributed by atoms with van der Waals surface area (Å²) in [6, 6.07) is 6.62. The van der Waals surface area contributed by atoms with Gasteiger partial charge in [0.15, 0.2) is 0 Å². The van der Waals surface area contributed by atoms with Crippen molar-refractivity contribution in [2.75, 3.05) is 24.5 Å². The van der Waals surface area contributed by atoms with E-state index in [1.807, 2.05) is 12.1 Å².